The zero-order valence-corrected chi connectivity index (χ0v) is 19.0. The summed E-state index contributed by atoms with van der Waals surface area (Å²) >= 11 is 0. The third-order valence-electron chi connectivity index (χ3n) is 6.16. The normalized spacial score (nSPS) is 15.7. The monoisotopic (exact) mass is 451 g/mol. The molecular weight excluding hydrogens is 426 g/mol. The van der Waals surface area contributed by atoms with E-state index in [1.165, 1.54) is 6.33 Å². The van der Waals surface area contributed by atoms with Crippen molar-refractivity contribution < 1.29 is 9.53 Å². The van der Waals surface area contributed by atoms with Gasteiger partial charge in [0.1, 0.15) is 12.1 Å². The Morgan fingerprint density at radius 3 is 2.65 bits per heavy atom. The number of nitrogens with zero attached hydrogens (tertiary/aromatic N) is 5. The number of ether oxygens (including phenoxy) is 1. The molecule has 0 aliphatic carbocycles. The minimum atomic E-state index is -0.0169. The number of aromatic nitrogens is 4. The summed E-state index contributed by atoms with van der Waals surface area (Å²) in [6.07, 6.45) is 10.2. The van der Waals surface area contributed by atoms with Gasteiger partial charge in [0.15, 0.2) is 0 Å². The van der Waals surface area contributed by atoms with Crippen molar-refractivity contribution in [3.05, 3.63) is 90.9 Å². The van der Waals surface area contributed by atoms with Gasteiger partial charge in [-0.15, -0.1) is 0 Å². The van der Waals surface area contributed by atoms with Crippen molar-refractivity contribution in [3.8, 4) is 28.1 Å². The molecule has 4 aromatic rings. The summed E-state index contributed by atoms with van der Waals surface area (Å²) in [6, 6.07) is 15.8. The van der Waals surface area contributed by atoms with E-state index in [1.54, 1.807) is 31.9 Å². The van der Waals surface area contributed by atoms with Gasteiger partial charge in [-0.2, -0.15) is 0 Å². The minimum absolute atomic E-state index is 0.0169. The van der Waals surface area contributed by atoms with E-state index in [-0.39, 0.29) is 11.8 Å². The molecule has 1 saturated heterocycles. The molecular formula is C27H25N5O2. The molecule has 7 nitrogen and oxygen atoms in total. The second-order valence-corrected chi connectivity index (χ2v) is 8.33. The standard InChI is InChI=1S/C27H25N5O2/c1-34-26-10-3-2-7-23(26)25-9-4-8-24(31-25)19-6-5-11-32(17-19)27(33)21-12-20(13-28-14-21)22-15-29-18-30-16-22/h2-4,7-10,12-16,18-19H,5-6,11,17H2,1H3/t19-/m0/s1. The highest BCUT2D eigenvalue weighted by atomic mass is 16.5. The summed E-state index contributed by atoms with van der Waals surface area (Å²) in [5.41, 5.74) is 5.06. The first-order chi connectivity index (χ1) is 16.7. The number of hydrogen-bond acceptors (Lipinski definition) is 6. The van der Waals surface area contributed by atoms with Crippen molar-refractivity contribution in [2.45, 2.75) is 18.8 Å². The summed E-state index contributed by atoms with van der Waals surface area (Å²) < 4.78 is 5.52. The highest BCUT2D eigenvalue weighted by Gasteiger charge is 2.27. The van der Waals surface area contributed by atoms with Gasteiger partial charge in [0.25, 0.3) is 5.91 Å². The summed E-state index contributed by atoms with van der Waals surface area (Å²) in [5.74, 6) is 0.951. The van der Waals surface area contributed by atoms with Crippen LogP contribution < -0.4 is 4.74 Å². The first-order valence-corrected chi connectivity index (χ1v) is 11.3. The van der Waals surface area contributed by atoms with Gasteiger partial charge < -0.3 is 9.64 Å². The predicted octanol–water partition coefficient (Wildman–Crippen LogP) is 4.63. The van der Waals surface area contributed by atoms with E-state index in [1.807, 2.05) is 47.4 Å². The zero-order chi connectivity index (χ0) is 23.3. The van der Waals surface area contributed by atoms with Gasteiger partial charge in [-0.1, -0.05) is 18.2 Å². The number of rotatable bonds is 5. The van der Waals surface area contributed by atoms with E-state index in [9.17, 15) is 4.79 Å². The molecule has 4 heterocycles. The van der Waals surface area contributed by atoms with E-state index < -0.39 is 0 Å². The van der Waals surface area contributed by atoms with Crippen LogP contribution in [0.5, 0.6) is 5.75 Å². The molecule has 0 radical (unpaired) electrons. The summed E-state index contributed by atoms with van der Waals surface area (Å²) in [6.45, 7) is 1.35. The van der Waals surface area contributed by atoms with Crippen LogP contribution in [0.4, 0.5) is 0 Å². The van der Waals surface area contributed by atoms with Gasteiger partial charge in [0.2, 0.25) is 0 Å². The Hall–Kier alpha value is -4.13. The summed E-state index contributed by atoms with van der Waals surface area (Å²) in [7, 11) is 1.67. The molecule has 0 saturated carbocycles. The van der Waals surface area contributed by atoms with Crippen molar-refractivity contribution in [1.82, 2.24) is 24.8 Å². The van der Waals surface area contributed by atoms with Crippen LogP contribution in [0.25, 0.3) is 22.4 Å². The molecule has 0 N–H and O–H groups in total. The van der Waals surface area contributed by atoms with Crippen molar-refractivity contribution in [2.75, 3.05) is 20.2 Å². The van der Waals surface area contributed by atoms with Crippen LogP contribution in [0.2, 0.25) is 0 Å². The van der Waals surface area contributed by atoms with Crippen LogP contribution in [0.3, 0.4) is 0 Å². The molecule has 1 atom stereocenters. The lowest BCUT2D eigenvalue weighted by Crippen LogP contribution is -2.39. The second-order valence-electron chi connectivity index (χ2n) is 8.33. The SMILES string of the molecule is COc1ccccc1-c1cccc([C@H]2CCCN(C(=O)c3cncc(-c4cncnc4)c3)C2)n1. The van der Waals surface area contributed by atoms with Crippen LogP contribution in [0.1, 0.15) is 34.8 Å². The topological polar surface area (TPSA) is 81.1 Å². The predicted molar refractivity (Wildman–Crippen MR) is 129 cm³/mol. The number of benzene rings is 1. The number of carbonyl (C=O) groups excluding carboxylic acids is 1. The third-order valence-corrected chi connectivity index (χ3v) is 6.16. The van der Waals surface area contributed by atoms with Crippen LogP contribution in [0.15, 0.2) is 79.6 Å². The minimum Gasteiger partial charge on any atom is -0.496 e. The lowest BCUT2D eigenvalue weighted by atomic mass is 9.93. The smallest absolute Gasteiger partial charge is 0.255 e. The van der Waals surface area contributed by atoms with Gasteiger partial charge >= 0.3 is 0 Å². The Balaban J connectivity index is 1.36. The van der Waals surface area contributed by atoms with Crippen LogP contribution in [0, 0.1) is 0 Å². The highest BCUT2D eigenvalue weighted by Crippen LogP contribution is 2.32. The second kappa shape index (κ2) is 9.79. The van der Waals surface area contributed by atoms with Gasteiger partial charge in [-0.05, 0) is 43.2 Å². The van der Waals surface area contributed by atoms with E-state index in [0.29, 0.717) is 12.1 Å². The van der Waals surface area contributed by atoms with Crippen molar-refractivity contribution in [1.29, 1.82) is 0 Å². The van der Waals surface area contributed by atoms with Crippen LogP contribution >= 0.6 is 0 Å². The molecule has 1 amide bonds. The molecule has 3 aromatic heterocycles. The average molecular weight is 452 g/mol. The van der Waals surface area contributed by atoms with Crippen LogP contribution in [-0.2, 0) is 0 Å². The molecule has 170 valence electrons. The number of para-hydroxylation sites is 1. The fourth-order valence-electron chi connectivity index (χ4n) is 4.43. The van der Waals surface area contributed by atoms with Gasteiger partial charge in [0.05, 0.1) is 18.4 Å². The quantitative estimate of drug-likeness (QED) is 0.440. The maximum absolute atomic E-state index is 13.3. The molecule has 1 aliphatic heterocycles. The highest BCUT2D eigenvalue weighted by molar-refractivity contribution is 5.95. The van der Waals surface area contributed by atoms with Gasteiger partial charge in [0, 0.05) is 66.2 Å². The van der Waals surface area contributed by atoms with Crippen molar-refractivity contribution >= 4 is 5.91 Å². The van der Waals surface area contributed by atoms with E-state index in [4.69, 9.17) is 9.72 Å². The maximum atomic E-state index is 13.3. The molecule has 5 rings (SSSR count). The molecule has 0 unspecified atom stereocenters. The Morgan fingerprint density at radius 2 is 1.79 bits per heavy atom. The molecule has 34 heavy (non-hydrogen) atoms. The summed E-state index contributed by atoms with van der Waals surface area (Å²) in [4.78, 5) is 32.6. The number of amides is 1. The molecule has 0 spiro atoms. The first kappa shape index (κ1) is 21.7. The number of methoxy groups -OCH3 is 1. The van der Waals surface area contributed by atoms with Crippen LogP contribution in [-0.4, -0.2) is 50.9 Å². The third kappa shape index (κ3) is 4.50. The van der Waals surface area contributed by atoms with E-state index in [0.717, 1.165) is 53.2 Å². The fraction of sp³-hybridized carbons (Fsp3) is 0.222. The van der Waals surface area contributed by atoms with Crippen molar-refractivity contribution in [3.63, 3.8) is 0 Å². The lowest BCUT2D eigenvalue weighted by Gasteiger charge is -2.32. The van der Waals surface area contributed by atoms with E-state index in [2.05, 4.69) is 21.0 Å². The molecule has 1 aliphatic rings. The fourth-order valence-corrected chi connectivity index (χ4v) is 4.43. The number of pyridine rings is 2. The van der Waals surface area contributed by atoms with E-state index >= 15 is 0 Å². The van der Waals surface area contributed by atoms with Gasteiger partial charge in [-0.3, -0.25) is 14.8 Å². The lowest BCUT2D eigenvalue weighted by molar-refractivity contribution is 0.0705. The van der Waals surface area contributed by atoms with Crippen molar-refractivity contribution in [2.24, 2.45) is 0 Å². The molecule has 7 heteroatoms. The number of likely N-dealkylation sites (tertiary alicyclic amines) is 1. The Bertz CT molecular complexity index is 1290. The number of carbonyl (C=O) groups is 1. The average Bonchev–Trinajstić information content (AvgIpc) is 2.93. The largest absolute Gasteiger partial charge is 0.496 e. The zero-order valence-electron chi connectivity index (χ0n) is 19.0. The Kier molecular flexibility index (Phi) is 6.25. The van der Waals surface area contributed by atoms with Gasteiger partial charge in [-0.25, -0.2) is 9.97 Å². The number of piperidine rings is 1. The molecule has 1 fully saturated rings. The summed E-state index contributed by atoms with van der Waals surface area (Å²) in [5, 5.41) is 0. The Morgan fingerprint density at radius 1 is 0.971 bits per heavy atom. The molecule has 0 bridgehead atoms. The maximum Gasteiger partial charge on any atom is 0.255 e. The first-order valence-electron chi connectivity index (χ1n) is 11.3. The Labute approximate surface area is 198 Å². The molecule has 1 aromatic carbocycles. The number of hydrogen-bond donors (Lipinski definition) is 0.